The number of rotatable bonds is 3. The Balaban J connectivity index is 2.17. The molecule has 2 amide bonds. The van der Waals surface area contributed by atoms with Crippen molar-refractivity contribution in [3.8, 4) is 0 Å². The third-order valence-electron chi connectivity index (χ3n) is 4.53. The van der Waals surface area contributed by atoms with Gasteiger partial charge >= 0.3 is 5.97 Å². The number of fused-ring (bicyclic) bond motifs is 3. The fourth-order valence-electron chi connectivity index (χ4n) is 3.38. The standard InChI is InChI=1S/C19H20N2O4/c1-11(19(24)25-3)21-17-9-8-13-6-4-5-7-14(13)15(17)10-16(18(21)23)20-12(2)22/h4-9,11,16H,10H2,1-3H3,(H,20,22)/t11-,16-/m1/s1. The highest BCUT2D eigenvalue weighted by Crippen LogP contribution is 2.35. The number of amides is 2. The molecule has 2 atom stereocenters. The Morgan fingerprint density at radius 1 is 1.24 bits per heavy atom. The van der Waals surface area contributed by atoms with E-state index in [-0.39, 0.29) is 11.8 Å². The molecule has 25 heavy (non-hydrogen) atoms. The van der Waals surface area contributed by atoms with Gasteiger partial charge in [0.25, 0.3) is 5.91 Å². The minimum Gasteiger partial charge on any atom is -0.467 e. The van der Waals surface area contributed by atoms with E-state index in [0.717, 1.165) is 16.3 Å². The first-order valence-corrected chi connectivity index (χ1v) is 8.12. The molecular formula is C19H20N2O4. The number of hydrogen-bond donors (Lipinski definition) is 1. The quantitative estimate of drug-likeness (QED) is 0.865. The molecule has 1 aliphatic heterocycles. The lowest BCUT2D eigenvalue weighted by Gasteiger charge is -2.37. The van der Waals surface area contributed by atoms with Gasteiger partial charge in [-0.1, -0.05) is 30.3 Å². The first-order valence-electron chi connectivity index (χ1n) is 8.12. The summed E-state index contributed by atoms with van der Waals surface area (Å²) in [6.07, 6.45) is 0.388. The van der Waals surface area contributed by atoms with Crippen molar-refractivity contribution in [2.24, 2.45) is 0 Å². The Bertz CT molecular complexity index is 862. The summed E-state index contributed by atoms with van der Waals surface area (Å²) in [6, 6.07) is 10.1. The molecule has 1 aliphatic rings. The highest BCUT2D eigenvalue weighted by atomic mass is 16.5. The molecule has 6 nitrogen and oxygen atoms in total. The predicted molar refractivity (Wildman–Crippen MR) is 94.2 cm³/mol. The van der Waals surface area contributed by atoms with E-state index in [0.29, 0.717) is 12.1 Å². The lowest BCUT2D eigenvalue weighted by molar-refractivity contribution is -0.143. The maximum atomic E-state index is 12.9. The Hall–Kier alpha value is -2.89. The van der Waals surface area contributed by atoms with Gasteiger partial charge in [0.15, 0.2) is 0 Å². The topological polar surface area (TPSA) is 75.7 Å². The number of benzene rings is 2. The SMILES string of the molecule is COC(=O)[C@@H](C)N1C(=O)[C@H](NC(C)=O)Cc2c1ccc1ccccc21. The number of nitrogens with one attached hydrogen (secondary N) is 1. The molecule has 0 fully saturated rings. The monoisotopic (exact) mass is 340 g/mol. The lowest BCUT2D eigenvalue weighted by Crippen LogP contribution is -2.56. The van der Waals surface area contributed by atoms with Crippen LogP contribution in [0.25, 0.3) is 10.8 Å². The maximum absolute atomic E-state index is 12.9. The first kappa shape index (κ1) is 17.0. The average Bonchev–Trinajstić information content (AvgIpc) is 2.60. The number of ether oxygens (including phenoxy) is 1. The van der Waals surface area contributed by atoms with E-state index >= 15 is 0 Å². The summed E-state index contributed by atoms with van der Waals surface area (Å²) < 4.78 is 4.81. The van der Waals surface area contributed by atoms with Crippen LogP contribution in [0.4, 0.5) is 5.69 Å². The van der Waals surface area contributed by atoms with Crippen LogP contribution in [0.3, 0.4) is 0 Å². The van der Waals surface area contributed by atoms with E-state index in [1.54, 1.807) is 6.92 Å². The van der Waals surface area contributed by atoms with Crippen LogP contribution in [0.5, 0.6) is 0 Å². The second-order valence-electron chi connectivity index (χ2n) is 6.15. The van der Waals surface area contributed by atoms with Gasteiger partial charge < -0.3 is 10.1 Å². The highest BCUT2D eigenvalue weighted by molar-refractivity contribution is 6.08. The molecule has 2 aromatic carbocycles. The molecule has 0 unspecified atom stereocenters. The maximum Gasteiger partial charge on any atom is 0.328 e. The molecule has 1 heterocycles. The summed E-state index contributed by atoms with van der Waals surface area (Å²) in [5.41, 5.74) is 1.62. The van der Waals surface area contributed by atoms with Crippen LogP contribution in [-0.4, -0.2) is 37.0 Å². The molecule has 0 radical (unpaired) electrons. The van der Waals surface area contributed by atoms with Gasteiger partial charge in [0.2, 0.25) is 5.91 Å². The Morgan fingerprint density at radius 2 is 1.96 bits per heavy atom. The van der Waals surface area contributed by atoms with E-state index in [9.17, 15) is 14.4 Å². The van der Waals surface area contributed by atoms with Crippen molar-refractivity contribution in [1.82, 2.24) is 5.32 Å². The van der Waals surface area contributed by atoms with Crippen LogP contribution < -0.4 is 10.2 Å². The molecule has 0 saturated heterocycles. The summed E-state index contributed by atoms with van der Waals surface area (Å²) in [5.74, 6) is -1.10. The fraction of sp³-hybridized carbons (Fsp3) is 0.316. The molecule has 0 spiro atoms. The Labute approximate surface area is 145 Å². The number of carbonyl (C=O) groups excluding carboxylic acids is 3. The summed E-state index contributed by atoms with van der Waals surface area (Å²) >= 11 is 0. The Kier molecular flexibility index (Phi) is 4.44. The molecule has 0 aliphatic carbocycles. The van der Waals surface area contributed by atoms with Gasteiger partial charge in [0.05, 0.1) is 7.11 Å². The van der Waals surface area contributed by atoms with E-state index in [1.165, 1.54) is 18.9 Å². The number of nitrogens with zero attached hydrogens (tertiary/aromatic N) is 1. The van der Waals surface area contributed by atoms with Crippen LogP contribution in [0.15, 0.2) is 36.4 Å². The first-order chi connectivity index (χ1) is 11.9. The van der Waals surface area contributed by atoms with E-state index in [1.807, 2.05) is 36.4 Å². The summed E-state index contributed by atoms with van der Waals surface area (Å²) in [5, 5.41) is 4.75. The minimum atomic E-state index is -0.783. The fourth-order valence-corrected chi connectivity index (χ4v) is 3.38. The predicted octanol–water partition coefficient (Wildman–Crippen LogP) is 1.80. The lowest BCUT2D eigenvalue weighted by atomic mass is 9.91. The van der Waals surface area contributed by atoms with Crippen molar-refractivity contribution >= 4 is 34.2 Å². The molecule has 6 heteroatoms. The van der Waals surface area contributed by atoms with Crippen molar-refractivity contribution in [3.63, 3.8) is 0 Å². The largest absolute Gasteiger partial charge is 0.467 e. The molecule has 1 N–H and O–H groups in total. The second-order valence-corrected chi connectivity index (χ2v) is 6.15. The molecular weight excluding hydrogens is 320 g/mol. The Morgan fingerprint density at radius 3 is 2.64 bits per heavy atom. The smallest absolute Gasteiger partial charge is 0.328 e. The molecule has 3 rings (SSSR count). The molecule has 0 bridgehead atoms. The zero-order valence-electron chi connectivity index (χ0n) is 14.4. The van der Waals surface area contributed by atoms with Gasteiger partial charge in [-0.2, -0.15) is 0 Å². The van der Waals surface area contributed by atoms with Gasteiger partial charge in [-0.25, -0.2) is 4.79 Å². The van der Waals surface area contributed by atoms with Crippen molar-refractivity contribution < 1.29 is 19.1 Å². The van der Waals surface area contributed by atoms with Gasteiger partial charge in [-0.15, -0.1) is 0 Å². The summed E-state index contributed by atoms with van der Waals surface area (Å²) in [4.78, 5) is 37.9. The molecule has 0 saturated carbocycles. The van der Waals surface area contributed by atoms with E-state index in [4.69, 9.17) is 4.74 Å². The van der Waals surface area contributed by atoms with Crippen LogP contribution in [0.2, 0.25) is 0 Å². The van der Waals surface area contributed by atoms with Crippen LogP contribution in [0.1, 0.15) is 19.4 Å². The third-order valence-corrected chi connectivity index (χ3v) is 4.53. The van der Waals surface area contributed by atoms with Crippen molar-refractivity contribution in [3.05, 3.63) is 42.0 Å². The van der Waals surface area contributed by atoms with Crippen molar-refractivity contribution in [2.75, 3.05) is 12.0 Å². The van der Waals surface area contributed by atoms with Gasteiger partial charge in [0.1, 0.15) is 12.1 Å². The van der Waals surface area contributed by atoms with Crippen molar-refractivity contribution in [2.45, 2.75) is 32.4 Å². The number of methoxy groups -OCH3 is 1. The van der Waals surface area contributed by atoms with Crippen LogP contribution in [-0.2, 0) is 25.5 Å². The van der Waals surface area contributed by atoms with Gasteiger partial charge in [-0.05, 0) is 29.3 Å². The number of anilines is 1. The summed E-state index contributed by atoms with van der Waals surface area (Å²) in [6.45, 7) is 3.00. The molecule has 2 aromatic rings. The van der Waals surface area contributed by atoms with Crippen LogP contribution >= 0.6 is 0 Å². The zero-order chi connectivity index (χ0) is 18.1. The zero-order valence-corrected chi connectivity index (χ0v) is 14.4. The highest BCUT2D eigenvalue weighted by Gasteiger charge is 2.39. The normalized spacial score (nSPS) is 17.8. The number of carbonyl (C=O) groups is 3. The number of esters is 1. The van der Waals surface area contributed by atoms with E-state index < -0.39 is 18.1 Å². The van der Waals surface area contributed by atoms with Crippen LogP contribution in [0, 0.1) is 0 Å². The molecule has 130 valence electrons. The van der Waals surface area contributed by atoms with Crippen molar-refractivity contribution in [1.29, 1.82) is 0 Å². The molecule has 0 aromatic heterocycles. The van der Waals surface area contributed by atoms with E-state index in [2.05, 4.69) is 5.32 Å². The minimum absolute atomic E-state index is 0.285. The van der Waals surface area contributed by atoms with Gasteiger partial charge in [-0.3, -0.25) is 14.5 Å². The van der Waals surface area contributed by atoms with Gasteiger partial charge in [0, 0.05) is 19.0 Å². The average molecular weight is 340 g/mol. The summed E-state index contributed by atoms with van der Waals surface area (Å²) in [7, 11) is 1.29. The third kappa shape index (κ3) is 2.95. The number of hydrogen-bond acceptors (Lipinski definition) is 4. The second kappa shape index (κ2) is 6.55.